The zero-order valence-electron chi connectivity index (χ0n) is 5.50. The van der Waals surface area contributed by atoms with Crippen molar-refractivity contribution < 1.29 is 5.11 Å². The summed E-state index contributed by atoms with van der Waals surface area (Å²) in [5.41, 5.74) is 0.803. The van der Waals surface area contributed by atoms with Crippen LogP contribution in [0.2, 0.25) is 0 Å². The number of aryl methyl sites for hydroxylation is 1. The number of hydrogen-bond acceptors (Lipinski definition) is 3. The van der Waals surface area contributed by atoms with Gasteiger partial charge in [0.15, 0.2) is 0 Å². The molecule has 1 nitrogen and oxygen atoms in total. The van der Waals surface area contributed by atoms with Crippen molar-refractivity contribution in [1.29, 1.82) is 0 Å². The summed E-state index contributed by atoms with van der Waals surface area (Å²) in [6.45, 7) is 1.81. The fraction of sp³-hybridized carbons (Fsp3) is 0.143. The summed E-state index contributed by atoms with van der Waals surface area (Å²) in [4.78, 5) is 1.39. The van der Waals surface area contributed by atoms with Gasteiger partial charge in [-0.05, 0) is 24.6 Å². The Morgan fingerprint density at radius 3 is 2.40 bits per heavy atom. The average Bonchev–Trinajstić information content (AvgIpc) is 1.82. The minimum atomic E-state index is 0.237. The van der Waals surface area contributed by atoms with Gasteiger partial charge >= 0.3 is 0 Å². The molecular formula is C7H8OS2. The van der Waals surface area contributed by atoms with Gasteiger partial charge in [0.25, 0.3) is 0 Å². The highest BCUT2D eigenvalue weighted by Crippen LogP contribution is 2.27. The van der Waals surface area contributed by atoms with E-state index in [9.17, 15) is 5.11 Å². The first-order chi connectivity index (χ1) is 4.61. The van der Waals surface area contributed by atoms with Crippen molar-refractivity contribution >= 4 is 25.3 Å². The molecule has 0 aliphatic heterocycles. The van der Waals surface area contributed by atoms with Gasteiger partial charge in [0.05, 0.1) is 0 Å². The van der Waals surface area contributed by atoms with Crippen LogP contribution in [0.15, 0.2) is 21.9 Å². The third-order valence-corrected chi connectivity index (χ3v) is 1.86. The Morgan fingerprint density at radius 2 is 1.90 bits per heavy atom. The topological polar surface area (TPSA) is 20.2 Å². The molecule has 0 radical (unpaired) electrons. The van der Waals surface area contributed by atoms with Gasteiger partial charge in [0.2, 0.25) is 0 Å². The summed E-state index contributed by atoms with van der Waals surface area (Å²) in [5, 5.41) is 9.22. The lowest BCUT2D eigenvalue weighted by atomic mass is 10.2. The molecule has 0 saturated heterocycles. The molecule has 0 unspecified atom stereocenters. The van der Waals surface area contributed by atoms with E-state index in [0.29, 0.717) is 4.90 Å². The SMILES string of the molecule is Cc1cc(S)cc(S)c1O. The number of phenols is 1. The summed E-state index contributed by atoms with van der Waals surface area (Å²) >= 11 is 8.15. The molecule has 1 N–H and O–H groups in total. The van der Waals surface area contributed by atoms with Crippen LogP contribution in [0.1, 0.15) is 5.56 Å². The monoisotopic (exact) mass is 172 g/mol. The Kier molecular flexibility index (Phi) is 2.16. The van der Waals surface area contributed by atoms with Crippen LogP contribution in [-0.2, 0) is 0 Å². The van der Waals surface area contributed by atoms with Crippen molar-refractivity contribution in [3.8, 4) is 5.75 Å². The van der Waals surface area contributed by atoms with E-state index < -0.39 is 0 Å². The van der Waals surface area contributed by atoms with Crippen molar-refractivity contribution in [2.24, 2.45) is 0 Å². The molecule has 10 heavy (non-hydrogen) atoms. The predicted molar refractivity (Wildman–Crippen MR) is 47.3 cm³/mol. The van der Waals surface area contributed by atoms with Crippen LogP contribution in [0, 0.1) is 6.92 Å². The zero-order chi connectivity index (χ0) is 7.72. The van der Waals surface area contributed by atoms with E-state index >= 15 is 0 Å². The summed E-state index contributed by atoms with van der Waals surface area (Å²) in [6.07, 6.45) is 0. The van der Waals surface area contributed by atoms with Gasteiger partial charge in [-0.25, -0.2) is 0 Å². The van der Waals surface area contributed by atoms with Gasteiger partial charge in [-0.15, -0.1) is 25.3 Å². The highest BCUT2D eigenvalue weighted by molar-refractivity contribution is 7.81. The predicted octanol–water partition coefficient (Wildman–Crippen LogP) is 2.28. The number of thiol groups is 2. The third-order valence-electron chi connectivity index (χ3n) is 1.27. The number of benzene rings is 1. The van der Waals surface area contributed by atoms with Crippen LogP contribution in [-0.4, -0.2) is 5.11 Å². The molecule has 0 heterocycles. The maximum atomic E-state index is 9.22. The first-order valence-electron chi connectivity index (χ1n) is 2.83. The standard InChI is InChI=1S/C7H8OS2/c1-4-2-5(9)3-6(10)7(4)8/h2-3,8-10H,1H3. The second-order valence-electron chi connectivity index (χ2n) is 2.13. The molecular weight excluding hydrogens is 164 g/mol. The number of aromatic hydroxyl groups is 1. The summed E-state index contributed by atoms with van der Waals surface area (Å²) in [5.74, 6) is 0.237. The van der Waals surface area contributed by atoms with E-state index in [-0.39, 0.29) is 5.75 Å². The molecule has 0 aliphatic carbocycles. The lowest BCUT2D eigenvalue weighted by molar-refractivity contribution is 0.457. The van der Waals surface area contributed by atoms with Gasteiger partial charge < -0.3 is 5.11 Å². The molecule has 3 heteroatoms. The largest absolute Gasteiger partial charge is 0.507 e. The van der Waals surface area contributed by atoms with E-state index in [1.54, 1.807) is 12.1 Å². The van der Waals surface area contributed by atoms with E-state index in [0.717, 1.165) is 10.5 Å². The zero-order valence-corrected chi connectivity index (χ0v) is 7.29. The van der Waals surface area contributed by atoms with E-state index in [2.05, 4.69) is 25.3 Å². The number of rotatable bonds is 0. The first-order valence-corrected chi connectivity index (χ1v) is 3.72. The molecule has 0 aliphatic rings. The second kappa shape index (κ2) is 2.76. The summed E-state index contributed by atoms with van der Waals surface area (Å²) in [6, 6.07) is 3.49. The molecule has 1 aromatic rings. The second-order valence-corrected chi connectivity index (χ2v) is 3.13. The fourth-order valence-electron chi connectivity index (χ4n) is 0.742. The maximum absolute atomic E-state index is 9.22. The van der Waals surface area contributed by atoms with Gasteiger partial charge in [-0.3, -0.25) is 0 Å². The van der Waals surface area contributed by atoms with Crippen LogP contribution in [0.5, 0.6) is 5.75 Å². The molecule has 0 spiro atoms. The Balaban J connectivity index is 3.31. The lowest BCUT2D eigenvalue weighted by Crippen LogP contribution is -1.77. The average molecular weight is 172 g/mol. The van der Waals surface area contributed by atoms with Gasteiger partial charge in [0.1, 0.15) is 5.75 Å². The van der Waals surface area contributed by atoms with Crippen molar-refractivity contribution in [3.63, 3.8) is 0 Å². The molecule has 1 aromatic carbocycles. The number of hydrogen-bond donors (Lipinski definition) is 3. The minimum Gasteiger partial charge on any atom is -0.507 e. The van der Waals surface area contributed by atoms with Crippen LogP contribution in [0.25, 0.3) is 0 Å². The highest BCUT2D eigenvalue weighted by atomic mass is 32.1. The Morgan fingerprint density at radius 1 is 1.30 bits per heavy atom. The van der Waals surface area contributed by atoms with Crippen molar-refractivity contribution in [2.45, 2.75) is 16.7 Å². The quantitative estimate of drug-likeness (QED) is 0.513. The molecule has 0 bridgehead atoms. The Hall–Kier alpha value is -0.280. The summed E-state index contributed by atoms with van der Waals surface area (Å²) in [7, 11) is 0. The Labute approximate surface area is 70.9 Å². The van der Waals surface area contributed by atoms with Crippen LogP contribution in [0.4, 0.5) is 0 Å². The Bertz CT molecular complexity index is 235. The van der Waals surface area contributed by atoms with Crippen LogP contribution < -0.4 is 0 Å². The molecule has 0 amide bonds. The third kappa shape index (κ3) is 1.41. The summed E-state index contributed by atoms with van der Waals surface area (Å²) < 4.78 is 0. The molecule has 0 saturated carbocycles. The molecule has 0 aromatic heterocycles. The normalized spacial score (nSPS) is 9.90. The van der Waals surface area contributed by atoms with Crippen molar-refractivity contribution in [3.05, 3.63) is 17.7 Å². The minimum absolute atomic E-state index is 0.237. The van der Waals surface area contributed by atoms with Crippen LogP contribution >= 0.6 is 25.3 Å². The molecule has 0 fully saturated rings. The molecule has 0 atom stereocenters. The van der Waals surface area contributed by atoms with Gasteiger partial charge in [-0.2, -0.15) is 0 Å². The van der Waals surface area contributed by atoms with Gasteiger partial charge in [-0.1, -0.05) is 0 Å². The van der Waals surface area contributed by atoms with E-state index in [4.69, 9.17) is 0 Å². The lowest BCUT2D eigenvalue weighted by Gasteiger charge is -2.01. The highest BCUT2D eigenvalue weighted by Gasteiger charge is 2.00. The maximum Gasteiger partial charge on any atom is 0.131 e. The van der Waals surface area contributed by atoms with Gasteiger partial charge in [0, 0.05) is 9.79 Å². The number of phenolic OH excluding ortho intramolecular Hbond substituents is 1. The van der Waals surface area contributed by atoms with Crippen LogP contribution in [0.3, 0.4) is 0 Å². The fourth-order valence-corrected chi connectivity index (χ4v) is 1.48. The van der Waals surface area contributed by atoms with Crippen molar-refractivity contribution in [2.75, 3.05) is 0 Å². The smallest absolute Gasteiger partial charge is 0.131 e. The van der Waals surface area contributed by atoms with E-state index in [1.165, 1.54) is 0 Å². The molecule has 54 valence electrons. The molecule has 1 rings (SSSR count). The first kappa shape index (κ1) is 7.82. The van der Waals surface area contributed by atoms with E-state index in [1.807, 2.05) is 6.92 Å². The van der Waals surface area contributed by atoms with Crippen molar-refractivity contribution in [1.82, 2.24) is 0 Å².